The van der Waals surface area contributed by atoms with Crippen molar-refractivity contribution in [2.24, 2.45) is 0 Å². The average Bonchev–Trinajstić information content (AvgIpc) is 2.66. The lowest BCUT2D eigenvalue weighted by Crippen LogP contribution is -2.05. The standard InChI is InChI=1S/C21H18O4/c1-24-17-10-5-9-16(13-17)18-11-6-12-19(21(22)23)20(18)25-14-15-7-3-2-4-8-15/h2-13H,14H2,1H3,(H,22,23). The molecule has 0 unspecified atom stereocenters. The van der Waals surface area contributed by atoms with E-state index >= 15 is 0 Å². The molecule has 1 N–H and O–H groups in total. The van der Waals surface area contributed by atoms with Gasteiger partial charge in [0, 0.05) is 5.56 Å². The summed E-state index contributed by atoms with van der Waals surface area (Å²) in [6.07, 6.45) is 0. The Hall–Kier alpha value is -3.27. The van der Waals surface area contributed by atoms with Crippen LogP contribution in [0.4, 0.5) is 0 Å². The Labute approximate surface area is 146 Å². The third-order valence-corrected chi connectivity index (χ3v) is 3.85. The zero-order valence-corrected chi connectivity index (χ0v) is 13.8. The maximum Gasteiger partial charge on any atom is 0.339 e. The quantitative estimate of drug-likeness (QED) is 0.713. The predicted molar refractivity (Wildman–Crippen MR) is 96.2 cm³/mol. The van der Waals surface area contributed by atoms with Crippen molar-refractivity contribution in [3.63, 3.8) is 0 Å². The molecule has 0 fully saturated rings. The van der Waals surface area contributed by atoms with Crippen LogP contribution in [0.5, 0.6) is 11.5 Å². The van der Waals surface area contributed by atoms with E-state index in [9.17, 15) is 9.90 Å². The first-order valence-corrected chi connectivity index (χ1v) is 7.86. The van der Waals surface area contributed by atoms with E-state index in [1.165, 1.54) is 0 Å². The zero-order chi connectivity index (χ0) is 17.6. The highest BCUT2D eigenvalue weighted by Crippen LogP contribution is 2.35. The Balaban J connectivity index is 2.02. The molecule has 0 saturated carbocycles. The molecule has 4 nitrogen and oxygen atoms in total. The molecule has 0 heterocycles. The Morgan fingerprint density at radius 1 is 0.960 bits per heavy atom. The number of benzene rings is 3. The van der Waals surface area contributed by atoms with Crippen molar-refractivity contribution >= 4 is 5.97 Å². The van der Waals surface area contributed by atoms with Crippen LogP contribution >= 0.6 is 0 Å². The first-order chi connectivity index (χ1) is 12.2. The topological polar surface area (TPSA) is 55.8 Å². The van der Waals surface area contributed by atoms with Gasteiger partial charge in [-0.1, -0.05) is 54.6 Å². The van der Waals surface area contributed by atoms with Gasteiger partial charge in [-0.2, -0.15) is 0 Å². The van der Waals surface area contributed by atoms with E-state index in [2.05, 4.69) is 0 Å². The largest absolute Gasteiger partial charge is 0.497 e. The number of methoxy groups -OCH3 is 1. The average molecular weight is 334 g/mol. The lowest BCUT2D eigenvalue weighted by atomic mass is 10.0. The van der Waals surface area contributed by atoms with Gasteiger partial charge in [0.2, 0.25) is 0 Å². The van der Waals surface area contributed by atoms with Crippen molar-refractivity contribution in [1.82, 2.24) is 0 Å². The fraction of sp³-hybridized carbons (Fsp3) is 0.0952. The molecule has 0 aromatic heterocycles. The van der Waals surface area contributed by atoms with E-state index in [4.69, 9.17) is 9.47 Å². The number of carbonyl (C=O) groups is 1. The van der Waals surface area contributed by atoms with Gasteiger partial charge in [0.1, 0.15) is 23.7 Å². The Morgan fingerprint density at radius 2 is 1.72 bits per heavy atom. The smallest absolute Gasteiger partial charge is 0.339 e. The monoisotopic (exact) mass is 334 g/mol. The zero-order valence-electron chi connectivity index (χ0n) is 13.8. The van der Waals surface area contributed by atoms with E-state index in [0.29, 0.717) is 18.1 Å². The summed E-state index contributed by atoms with van der Waals surface area (Å²) in [5.41, 5.74) is 2.66. The summed E-state index contributed by atoms with van der Waals surface area (Å²) in [5.74, 6) is 0.0344. The minimum Gasteiger partial charge on any atom is -0.497 e. The summed E-state index contributed by atoms with van der Waals surface area (Å²) in [6, 6.07) is 22.2. The summed E-state index contributed by atoms with van der Waals surface area (Å²) in [5, 5.41) is 9.53. The van der Waals surface area contributed by atoms with E-state index in [0.717, 1.165) is 16.7 Å². The van der Waals surface area contributed by atoms with E-state index in [1.54, 1.807) is 19.2 Å². The van der Waals surface area contributed by atoms with Crippen LogP contribution in [-0.4, -0.2) is 18.2 Å². The minimum atomic E-state index is -1.02. The van der Waals surface area contributed by atoms with E-state index in [-0.39, 0.29) is 5.56 Å². The molecule has 0 atom stereocenters. The van der Waals surface area contributed by atoms with Crippen LogP contribution in [0.15, 0.2) is 72.8 Å². The van der Waals surface area contributed by atoms with Crippen LogP contribution in [0.1, 0.15) is 15.9 Å². The fourth-order valence-corrected chi connectivity index (χ4v) is 2.61. The van der Waals surface area contributed by atoms with Crippen molar-refractivity contribution in [3.8, 4) is 22.6 Å². The van der Waals surface area contributed by atoms with Crippen molar-refractivity contribution in [2.45, 2.75) is 6.61 Å². The molecule has 0 amide bonds. The second-order valence-electron chi connectivity index (χ2n) is 5.49. The number of hydrogen-bond donors (Lipinski definition) is 1. The lowest BCUT2D eigenvalue weighted by Gasteiger charge is -2.15. The molecular formula is C21H18O4. The van der Waals surface area contributed by atoms with Crippen LogP contribution in [0.25, 0.3) is 11.1 Å². The van der Waals surface area contributed by atoms with Crippen molar-refractivity contribution in [2.75, 3.05) is 7.11 Å². The SMILES string of the molecule is COc1cccc(-c2cccc(C(=O)O)c2OCc2ccccc2)c1. The van der Waals surface area contributed by atoms with Gasteiger partial charge in [-0.3, -0.25) is 0 Å². The first kappa shape index (κ1) is 16.6. The number of para-hydroxylation sites is 1. The van der Waals surface area contributed by atoms with Gasteiger partial charge >= 0.3 is 5.97 Å². The second-order valence-corrected chi connectivity index (χ2v) is 5.49. The Bertz CT molecular complexity index is 872. The number of rotatable bonds is 6. The van der Waals surface area contributed by atoms with Crippen LogP contribution in [0.2, 0.25) is 0 Å². The maximum atomic E-state index is 11.6. The third-order valence-electron chi connectivity index (χ3n) is 3.85. The van der Waals surface area contributed by atoms with Gasteiger partial charge in [0.25, 0.3) is 0 Å². The summed E-state index contributed by atoms with van der Waals surface area (Å²) in [6.45, 7) is 0.294. The normalized spacial score (nSPS) is 10.3. The summed E-state index contributed by atoms with van der Waals surface area (Å²) in [7, 11) is 1.60. The molecule has 0 saturated heterocycles. The van der Waals surface area contributed by atoms with Crippen LogP contribution in [0.3, 0.4) is 0 Å². The first-order valence-electron chi connectivity index (χ1n) is 7.86. The highest BCUT2D eigenvalue weighted by Gasteiger charge is 2.17. The minimum absolute atomic E-state index is 0.135. The van der Waals surface area contributed by atoms with Gasteiger partial charge in [0.05, 0.1) is 7.11 Å². The molecule has 0 aliphatic heterocycles. The number of carboxylic acid groups (broad SMARTS) is 1. The number of carboxylic acids is 1. The molecule has 3 aromatic carbocycles. The van der Waals surface area contributed by atoms with Gasteiger partial charge in [-0.25, -0.2) is 4.79 Å². The maximum absolute atomic E-state index is 11.6. The van der Waals surface area contributed by atoms with Gasteiger partial charge < -0.3 is 14.6 Å². The third kappa shape index (κ3) is 3.80. The lowest BCUT2D eigenvalue weighted by molar-refractivity contribution is 0.0692. The predicted octanol–water partition coefficient (Wildman–Crippen LogP) is 4.64. The molecule has 3 rings (SSSR count). The molecule has 0 radical (unpaired) electrons. The Kier molecular flexibility index (Phi) is 5.00. The molecule has 0 aliphatic rings. The molecule has 126 valence electrons. The van der Waals surface area contributed by atoms with Crippen molar-refractivity contribution < 1.29 is 19.4 Å². The summed E-state index contributed by atoms with van der Waals surface area (Å²) in [4.78, 5) is 11.6. The molecule has 0 bridgehead atoms. The molecule has 3 aromatic rings. The molecule has 0 aliphatic carbocycles. The van der Waals surface area contributed by atoms with E-state index in [1.807, 2.05) is 60.7 Å². The highest BCUT2D eigenvalue weighted by atomic mass is 16.5. The molecule has 0 spiro atoms. The van der Waals surface area contributed by atoms with Gasteiger partial charge in [-0.15, -0.1) is 0 Å². The summed E-state index contributed by atoms with van der Waals surface area (Å²) >= 11 is 0. The van der Waals surface area contributed by atoms with Crippen molar-refractivity contribution in [1.29, 1.82) is 0 Å². The summed E-state index contributed by atoms with van der Waals surface area (Å²) < 4.78 is 11.2. The molecule has 4 heteroatoms. The van der Waals surface area contributed by atoms with Crippen LogP contribution in [0, 0.1) is 0 Å². The fourth-order valence-electron chi connectivity index (χ4n) is 2.61. The van der Waals surface area contributed by atoms with Crippen LogP contribution in [-0.2, 0) is 6.61 Å². The van der Waals surface area contributed by atoms with Gasteiger partial charge in [0.15, 0.2) is 0 Å². The number of aromatic carboxylic acids is 1. The molecular weight excluding hydrogens is 316 g/mol. The second kappa shape index (κ2) is 7.53. The van der Waals surface area contributed by atoms with E-state index < -0.39 is 5.97 Å². The number of hydrogen-bond acceptors (Lipinski definition) is 3. The Morgan fingerprint density at radius 3 is 2.44 bits per heavy atom. The van der Waals surface area contributed by atoms with Crippen molar-refractivity contribution in [3.05, 3.63) is 83.9 Å². The molecule has 25 heavy (non-hydrogen) atoms. The van der Waals surface area contributed by atoms with Gasteiger partial charge in [-0.05, 0) is 29.3 Å². The highest BCUT2D eigenvalue weighted by molar-refractivity contribution is 5.94. The van der Waals surface area contributed by atoms with Crippen LogP contribution < -0.4 is 9.47 Å². The number of ether oxygens (including phenoxy) is 2.